The minimum absolute atomic E-state index is 0.180. The van der Waals surface area contributed by atoms with Crippen LogP contribution < -0.4 is 16.6 Å². The fourth-order valence-electron chi connectivity index (χ4n) is 1.84. The lowest BCUT2D eigenvalue weighted by atomic mass is 10.2. The van der Waals surface area contributed by atoms with E-state index in [9.17, 15) is 14.0 Å². The number of benzene rings is 1. The van der Waals surface area contributed by atoms with Crippen molar-refractivity contribution in [2.75, 3.05) is 11.1 Å². The van der Waals surface area contributed by atoms with Gasteiger partial charge in [-0.05, 0) is 47.1 Å². The molecule has 0 fully saturated rings. The van der Waals surface area contributed by atoms with Crippen molar-refractivity contribution < 1.29 is 9.18 Å². The van der Waals surface area contributed by atoms with Crippen LogP contribution >= 0.6 is 15.9 Å². The number of carbonyl (C=O) groups excluding carboxylic acids is 1. The van der Waals surface area contributed by atoms with Gasteiger partial charge in [0.2, 0.25) is 5.91 Å². The Balaban J connectivity index is 2.19. The molecule has 7 heteroatoms. The van der Waals surface area contributed by atoms with E-state index >= 15 is 0 Å². The van der Waals surface area contributed by atoms with Crippen LogP contribution in [0.15, 0.2) is 39.7 Å². The number of pyridine rings is 1. The van der Waals surface area contributed by atoms with Gasteiger partial charge in [-0.1, -0.05) is 0 Å². The largest absolute Gasteiger partial charge is 0.397 e. The van der Waals surface area contributed by atoms with Gasteiger partial charge < -0.3 is 15.6 Å². The first-order valence-electron chi connectivity index (χ1n) is 6.08. The van der Waals surface area contributed by atoms with Crippen LogP contribution in [0.5, 0.6) is 0 Å². The maximum Gasteiger partial charge on any atom is 0.253 e. The first-order chi connectivity index (χ1) is 9.86. The summed E-state index contributed by atoms with van der Waals surface area (Å²) in [5.41, 5.74) is 6.34. The number of aryl methyl sites for hydroxylation is 1. The highest BCUT2D eigenvalue weighted by atomic mass is 79.9. The number of aromatic nitrogens is 1. The first kappa shape index (κ1) is 15.2. The van der Waals surface area contributed by atoms with Gasteiger partial charge in [-0.2, -0.15) is 0 Å². The molecule has 110 valence electrons. The van der Waals surface area contributed by atoms with Crippen molar-refractivity contribution in [3.05, 3.63) is 56.7 Å². The Labute approximate surface area is 128 Å². The van der Waals surface area contributed by atoms with Crippen LogP contribution in [0.2, 0.25) is 0 Å². The third-order valence-corrected chi connectivity index (χ3v) is 3.27. The number of nitrogen functional groups attached to an aromatic ring is 1. The van der Waals surface area contributed by atoms with Crippen LogP contribution in [0.3, 0.4) is 0 Å². The molecule has 0 bridgehead atoms. The molecule has 2 aromatic rings. The number of hydrogen-bond acceptors (Lipinski definition) is 3. The number of rotatable bonds is 3. The van der Waals surface area contributed by atoms with Crippen LogP contribution in [0.25, 0.3) is 0 Å². The molecule has 0 radical (unpaired) electrons. The summed E-state index contributed by atoms with van der Waals surface area (Å²) in [6.07, 6.45) is 1.52. The highest BCUT2D eigenvalue weighted by molar-refractivity contribution is 9.10. The number of amides is 1. The number of nitrogens with one attached hydrogen (secondary N) is 1. The topological polar surface area (TPSA) is 77.1 Å². The lowest BCUT2D eigenvalue weighted by molar-refractivity contribution is -0.116. The van der Waals surface area contributed by atoms with Crippen molar-refractivity contribution in [3.8, 4) is 0 Å². The van der Waals surface area contributed by atoms with Gasteiger partial charge in [-0.3, -0.25) is 9.59 Å². The molecule has 1 amide bonds. The molecule has 0 atom stereocenters. The molecular weight excluding hydrogens is 341 g/mol. The Morgan fingerprint density at radius 3 is 2.86 bits per heavy atom. The molecule has 1 aromatic heterocycles. The summed E-state index contributed by atoms with van der Waals surface area (Å²) in [5.74, 6) is -0.970. The number of nitrogens with zero attached hydrogens (tertiary/aromatic N) is 1. The summed E-state index contributed by atoms with van der Waals surface area (Å²) >= 11 is 3.26. The molecule has 0 unspecified atom stereocenters. The maximum absolute atomic E-state index is 13.1. The minimum Gasteiger partial charge on any atom is -0.397 e. The molecule has 5 nitrogen and oxygen atoms in total. The molecule has 0 saturated heterocycles. The summed E-state index contributed by atoms with van der Waals surface area (Å²) in [5, 5.41) is 2.49. The third-order valence-electron chi connectivity index (χ3n) is 2.84. The Morgan fingerprint density at radius 2 is 2.14 bits per heavy atom. The van der Waals surface area contributed by atoms with Gasteiger partial charge in [0.15, 0.2) is 0 Å². The Kier molecular flexibility index (Phi) is 4.42. The summed E-state index contributed by atoms with van der Waals surface area (Å²) in [6.45, 7) is 1.47. The number of anilines is 2. The SMILES string of the molecule is Cc1cc(Br)cn(CC(=O)Nc2cc(F)ccc2N)c1=O. The Morgan fingerprint density at radius 1 is 1.43 bits per heavy atom. The van der Waals surface area contributed by atoms with Gasteiger partial charge in [0.25, 0.3) is 5.56 Å². The van der Waals surface area contributed by atoms with E-state index in [1.54, 1.807) is 13.0 Å². The standard InChI is InChI=1S/C14H13BrFN3O2/c1-8-4-9(15)6-19(14(8)21)7-13(20)18-12-5-10(16)2-3-11(12)17/h2-6H,7,17H2,1H3,(H,18,20). The molecule has 1 heterocycles. The Bertz CT molecular complexity index is 758. The maximum atomic E-state index is 13.1. The molecule has 0 saturated carbocycles. The molecule has 2 rings (SSSR count). The number of hydrogen-bond donors (Lipinski definition) is 2. The van der Waals surface area contributed by atoms with E-state index in [0.717, 1.165) is 6.07 Å². The minimum atomic E-state index is -0.505. The van der Waals surface area contributed by atoms with E-state index in [1.807, 2.05) is 0 Å². The molecule has 21 heavy (non-hydrogen) atoms. The summed E-state index contributed by atoms with van der Waals surface area (Å²) < 4.78 is 15.1. The zero-order chi connectivity index (χ0) is 15.6. The van der Waals surface area contributed by atoms with E-state index in [0.29, 0.717) is 10.0 Å². The van der Waals surface area contributed by atoms with Gasteiger partial charge in [0, 0.05) is 16.2 Å². The monoisotopic (exact) mass is 353 g/mol. The second-order valence-corrected chi connectivity index (χ2v) is 5.47. The van der Waals surface area contributed by atoms with Gasteiger partial charge in [-0.25, -0.2) is 4.39 Å². The predicted octanol–water partition coefficient (Wildman–Crippen LogP) is 2.28. The third kappa shape index (κ3) is 3.69. The lowest BCUT2D eigenvalue weighted by Gasteiger charge is -2.10. The Hall–Kier alpha value is -2.15. The van der Waals surface area contributed by atoms with Gasteiger partial charge >= 0.3 is 0 Å². The highest BCUT2D eigenvalue weighted by Crippen LogP contribution is 2.19. The van der Waals surface area contributed by atoms with Crippen LogP contribution in [-0.2, 0) is 11.3 Å². The van der Waals surface area contributed by atoms with Crippen molar-refractivity contribution in [3.63, 3.8) is 0 Å². The van der Waals surface area contributed by atoms with Gasteiger partial charge in [-0.15, -0.1) is 0 Å². The van der Waals surface area contributed by atoms with Crippen LogP contribution in [0.4, 0.5) is 15.8 Å². The smallest absolute Gasteiger partial charge is 0.253 e. The van der Waals surface area contributed by atoms with Crippen molar-refractivity contribution >= 4 is 33.2 Å². The number of halogens is 2. The molecule has 1 aromatic carbocycles. The van der Waals surface area contributed by atoms with Crippen molar-refractivity contribution in [2.45, 2.75) is 13.5 Å². The summed E-state index contributed by atoms with van der Waals surface area (Å²) in [7, 11) is 0. The normalized spacial score (nSPS) is 10.4. The molecule has 0 aliphatic heterocycles. The fraction of sp³-hybridized carbons (Fsp3) is 0.143. The average Bonchev–Trinajstić information content (AvgIpc) is 2.39. The quantitative estimate of drug-likeness (QED) is 0.831. The number of carbonyl (C=O) groups is 1. The predicted molar refractivity (Wildman–Crippen MR) is 82.6 cm³/mol. The van der Waals surface area contributed by atoms with E-state index in [4.69, 9.17) is 5.73 Å². The summed E-state index contributed by atoms with van der Waals surface area (Å²) in [6, 6.07) is 5.36. The van der Waals surface area contributed by atoms with Crippen LogP contribution in [0.1, 0.15) is 5.56 Å². The van der Waals surface area contributed by atoms with Crippen molar-refractivity contribution in [1.82, 2.24) is 4.57 Å². The zero-order valence-corrected chi connectivity index (χ0v) is 12.8. The van der Waals surface area contributed by atoms with E-state index < -0.39 is 11.7 Å². The van der Waals surface area contributed by atoms with Crippen LogP contribution in [-0.4, -0.2) is 10.5 Å². The first-order valence-corrected chi connectivity index (χ1v) is 6.87. The highest BCUT2D eigenvalue weighted by Gasteiger charge is 2.09. The van der Waals surface area contributed by atoms with Crippen molar-refractivity contribution in [1.29, 1.82) is 0 Å². The van der Waals surface area contributed by atoms with E-state index in [2.05, 4.69) is 21.2 Å². The van der Waals surface area contributed by atoms with Gasteiger partial charge in [0.05, 0.1) is 11.4 Å². The number of nitrogens with two attached hydrogens (primary N) is 1. The molecule has 0 aliphatic carbocycles. The molecule has 3 N–H and O–H groups in total. The molecule has 0 aliphatic rings. The fourth-order valence-corrected chi connectivity index (χ4v) is 2.43. The summed E-state index contributed by atoms with van der Waals surface area (Å²) in [4.78, 5) is 23.9. The van der Waals surface area contributed by atoms with E-state index in [1.165, 1.54) is 22.9 Å². The van der Waals surface area contributed by atoms with Crippen molar-refractivity contribution in [2.24, 2.45) is 0 Å². The van der Waals surface area contributed by atoms with E-state index in [-0.39, 0.29) is 23.5 Å². The lowest BCUT2D eigenvalue weighted by Crippen LogP contribution is -2.28. The molecule has 0 spiro atoms. The second kappa shape index (κ2) is 6.09. The van der Waals surface area contributed by atoms with Gasteiger partial charge in [0.1, 0.15) is 12.4 Å². The zero-order valence-electron chi connectivity index (χ0n) is 11.2. The second-order valence-electron chi connectivity index (χ2n) is 4.55. The van der Waals surface area contributed by atoms with Crippen LogP contribution in [0, 0.1) is 12.7 Å². The average molecular weight is 354 g/mol. The molecular formula is C14H13BrFN3O2.